The van der Waals surface area contributed by atoms with Gasteiger partial charge in [-0.2, -0.15) is 5.06 Å². The lowest BCUT2D eigenvalue weighted by molar-refractivity contribution is -0.272. The minimum Gasteiger partial charge on any atom is -0.290 e. The number of hydroxylamine groups is 2. The van der Waals surface area contributed by atoms with Gasteiger partial charge in [0, 0.05) is 5.54 Å². The third-order valence-electron chi connectivity index (χ3n) is 4.82. The molecule has 2 heteroatoms. The third kappa shape index (κ3) is 5.18. The molecule has 2 nitrogen and oxygen atoms in total. The van der Waals surface area contributed by atoms with Crippen LogP contribution in [0.3, 0.4) is 0 Å². The first-order valence-corrected chi connectivity index (χ1v) is 9.84. The fourth-order valence-electron chi connectivity index (χ4n) is 3.34. The summed E-state index contributed by atoms with van der Waals surface area (Å²) in [6.07, 6.45) is 1.07. The molecule has 142 valence electrons. The highest BCUT2D eigenvalue weighted by Gasteiger charge is 2.34. The van der Waals surface area contributed by atoms with Crippen molar-refractivity contribution in [1.29, 1.82) is 0 Å². The molecule has 26 heavy (non-hydrogen) atoms. The van der Waals surface area contributed by atoms with Crippen LogP contribution in [0.1, 0.15) is 77.3 Å². The van der Waals surface area contributed by atoms with E-state index >= 15 is 0 Å². The van der Waals surface area contributed by atoms with Crippen molar-refractivity contribution in [2.75, 3.05) is 0 Å². The Balaban J connectivity index is 2.31. The van der Waals surface area contributed by atoms with E-state index in [0.29, 0.717) is 5.92 Å². The Labute approximate surface area is 160 Å². The number of hydrogen-bond donors (Lipinski definition) is 0. The smallest absolute Gasteiger partial charge is 0.102 e. The van der Waals surface area contributed by atoms with Crippen molar-refractivity contribution in [3.63, 3.8) is 0 Å². The number of hydrogen-bond acceptors (Lipinski definition) is 2. The average molecular weight is 354 g/mol. The first-order valence-electron chi connectivity index (χ1n) is 9.84. The van der Waals surface area contributed by atoms with E-state index in [0.717, 1.165) is 6.42 Å². The van der Waals surface area contributed by atoms with E-state index in [4.69, 9.17) is 4.84 Å². The lowest BCUT2D eigenvalue weighted by atomic mass is 9.92. The second kappa shape index (κ2) is 8.83. The molecule has 0 heterocycles. The van der Waals surface area contributed by atoms with Crippen LogP contribution < -0.4 is 0 Å². The van der Waals surface area contributed by atoms with Gasteiger partial charge in [0.25, 0.3) is 0 Å². The lowest BCUT2D eigenvalue weighted by Gasteiger charge is -2.44. The van der Waals surface area contributed by atoms with Gasteiger partial charge in [0.15, 0.2) is 0 Å². The normalized spacial score (nSPS) is 14.7. The van der Waals surface area contributed by atoms with Crippen LogP contribution >= 0.6 is 0 Å². The summed E-state index contributed by atoms with van der Waals surface area (Å²) in [4.78, 5) is 6.59. The van der Waals surface area contributed by atoms with Gasteiger partial charge in [-0.3, -0.25) is 4.84 Å². The van der Waals surface area contributed by atoms with Crippen LogP contribution in [0.25, 0.3) is 0 Å². The molecule has 0 fully saturated rings. The fraction of sp³-hybridized carbons (Fsp3) is 0.500. The van der Waals surface area contributed by atoms with Crippen molar-refractivity contribution >= 4 is 0 Å². The summed E-state index contributed by atoms with van der Waals surface area (Å²) >= 11 is 0. The Morgan fingerprint density at radius 1 is 0.846 bits per heavy atom. The monoisotopic (exact) mass is 353 g/mol. The van der Waals surface area contributed by atoms with Gasteiger partial charge < -0.3 is 0 Å². The zero-order valence-corrected chi connectivity index (χ0v) is 17.5. The zero-order valence-electron chi connectivity index (χ0n) is 17.5. The maximum Gasteiger partial charge on any atom is 0.102 e. The third-order valence-corrected chi connectivity index (χ3v) is 4.82. The summed E-state index contributed by atoms with van der Waals surface area (Å²) in [6, 6.07) is 19.7. The predicted octanol–water partition coefficient (Wildman–Crippen LogP) is 6.74. The molecular weight excluding hydrogens is 318 g/mol. The van der Waals surface area contributed by atoms with E-state index in [1.54, 1.807) is 0 Å². The van der Waals surface area contributed by atoms with Crippen molar-refractivity contribution in [1.82, 2.24) is 5.06 Å². The number of benzene rings is 2. The highest BCUT2D eigenvalue weighted by molar-refractivity contribution is 5.24. The van der Waals surface area contributed by atoms with E-state index in [1.807, 2.05) is 0 Å². The van der Waals surface area contributed by atoms with Crippen LogP contribution in [0.2, 0.25) is 0 Å². The van der Waals surface area contributed by atoms with E-state index in [1.165, 1.54) is 16.7 Å². The molecule has 0 saturated carbocycles. The van der Waals surface area contributed by atoms with Crippen LogP contribution in [0.4, 0.5) is 0 Å². The topological polar surface area (TPSA) is 12.5 Å². The molecule has 2 rings (SSSR count). The molecule has 2 aromatic carbocycles. The van der Waals surface area contributed by atoms with Gasteiger partial charge in [0.1, 0.15) is 6.10 Å². The molecule has 0 saturated heterocycles. The van der Waals surface area contributed by atoms with Gasteiger partial charge in [0.2, 0.25) is 0 Å². The number of nitrogens with zero attached hydrogens (tertiary/aromatic N) is 1. The summed E-state index contributed by atoms with van der Waals surface area (Å²) in [5, 5.41) is 2.20. The Morgan fingerprint density at radius 2 is 1.42 bits per heavy atom. The van der Waals surface area contributed by atoms with Crippen molar-refractivity contribution in [2.45, 2.75) is 72.6 Å². The summed E-state index contributed by atoms with van der Waals surface area (Å²) < 4.78 is 0. The SMILES string of the molecule is CCc1ccc(C(C)ON(C(c2ccccc2)C(C)C)C(C)(C)C)cc1. The molecular formula is C24H35NO. The van der Waals surface area contributed by atoms with Crippen molar-refractivity contribution in [3.05, 3.63) is 71.3 Å². The van der Waals surface area contributed by atoms with Gasteiger partial charge in [-0.25, -0.2) is 0 Å². The second-order valence-corrected chi connectivity index (χ2v) is 8.44. The number of aryl methyl sites for hydroxylation is 1. The van der Waals surface area contributed by atoms with Crippen LogP contribution in [-0.2, 0) is 11.3 Å². The van der Waals surface area contributed by atoms with E-state index in [9.17, 15) is 0 Å². The van der Waals surface area contributed by atoms with Crippen molar-refractivity contribution < 1.29 is 4.84 Å². The molecule has 0 radical (unpaired) electrons. The molecule has 0 aliphatic rings. The van der Waals surface area contributed by atoms with Crippen molar-refractivity contribution in [2.24, 2.45) is 5.92 Å². The van der Waals surface area contributed by atoms with Gasteiger partial charge in [-0.05, 0) is 56.7 Å². The van der Waals surface area contributed by atoms with Crippen molar-refractivity contribution in [3.8, 4) is 0 Å². The molecule has 2 aromatic rings. The van der Waals surface area contributed by atoms with Gasteiger partial charge in [-0.15, -0.1) is 0 Å². The minimum absolute atomic E-state index is 0.00472. The molecule has 0 N–H and O–H groups in total. The summed E-state index contributed by atoms with van der Waals surface area (Å²) in [5.74, 6) is 0.436. The first-order chi connectivity index (χ1) is 12.2. The highest BCUT2D eigenvalue weighted by Crippen LogP contribution is 2.37. The Hall–Kier alpha value is -1.64. The summed E-state index contributed by atoms with van der Waals surface area (Å²) in [7, 11) is 0. The molecule has 0 amide bonds. The second-order valence-electron chi connectivity index (χ2n) is 8.44. The van der Waals surface area contributed by atoms with E-state index in [-0.39, 0.29) is 17.7 Å². The van der Waals surface area contributed by atoms with Crippen LogP contribution in [-0.4, -0.2) is 10.6 Å². The van der Waals surface area contributed by atoms with E-state index < -0.39 is 0 Å². The molecule has 0 aliphatic carbocycles. The number of rotatable bonds is 7. The zero-order chi connectivity index (χ0) is 19.3. The molecule has 0 aliphatic heterocycles. The Kier molecular flexibility index (Phi) is 7.02. The quantitative estimate of drug-likeness (QED) is 0.511. The summed E-state index contributed by atoms with van der Waals surface area (Å²) in [6.45, 7) is 15.5. The fourth-order valence-corrected chi connectivity index (χ4v) is 3.34. The van der Waals surface area contributed by atoms with E-state index in [2.05, 4.69) is 108 Å². The molecule has 0 spiro atoms. The average Bonchev–Trinajstić information content (AvgIpc) is 2.61. The van der Waals surface area contributed by atoms with Gasteiger partial charge >= 0.3 is 0 Å². The maximum absolute atomic E-state index is 6.59. The molecule has 0 aromatic heterocycles. The molecule has 0 bridgehead atoms. The standard InChI is InChI=1S/C24H35NO/c1-8-20-14-16-21(17-15-20)19(4)26-25(24(5,6)7)23(18(2)3)22-12-10-9-11-13-22/h9-19,23H,8H2,1-7H3. The maximum atomic E-state index is 6.59. The highest BCUT2D eigenvalue weighted by atomic mass is 16.7. The molecule has 2 atom stereocenters. The lowest BCUT2D eigenvalue weighted by Crippen LogP contribution is -2.46. The minimum atomic E-state index is -0.109. The molecule has 2 unspecified atom stereocenters. The van der Waals surface area contributed by atoms with Gasteiger partial charge in [-0.1, -0.05) is 75.4 Å². The summed E-state index contributed by atoms with van der Waals surface area (Å²) in [5.41, 5.74) is 3.76. The van der Waals surface area contributed by atoms with Crippen LogP contribution in [0.15, 0.2) is 54.6 Å². The Morgan fingerprint density at radius 3 is 1.88 bits per heavy atom. The Bertz CT molecular complexity index is 655. The van der Waals surface area contributed by atoms with Crippen LogP contribution in [0.5, 0.6) is 0 Å². The van der Waals surface area contributed by atoms with Crippen LogP contribution in [0, 0.1) is 5.92 Å². The predicted molar refractivity (Wildman–Crippen MR) is 111 cm³/mol. The largest absolute Gasteiger partial charge is 0.290 e. The first kappa shape index (κ1) is 20.7. The van der Waals surface area contributed by atoms with Gasteiger partial charge in [0.05, 0.1) is 6.04 Å².